The quantitative estimate of drug-likeness (QED) is 0.393. The van der Waals surface area contributed by atoms with Crippen LogP contribution in [0, 0.1) is 13.8 Å². The third-order valence-electron chi connectivity index (χ3n) is 5.63. The fourth-order valence-corrected chi connectivity index (χ4v) is 4.93. The van der Waals surface area contributed by atoms with Crippen LogP contribution in [0.25, 0.3) is 11.0 Å². The van der Waals surface area contributed by atoms with Gasteiger partial charge < -0.3 is 13.9 Å². The Labute approximate surface area is 199 Å². The zero-order valence-electron chi connectivity index (χ0n) is 19.2. The lowest BCUT2D eigenvalue weighted by Gasteiger charge is -2.23. The van der Waals surface area contributed by atoms with Crippen molar-refractivity contribution in [3.05, 3.63) is 74.1 Å². The van der Waals surface area contributed by atoms with E-state index in [1.165, 1.54) is 16.2 Å². The highest BCUT2D eigenvalue weighted by molar-refractivity contribution is 7.15. The number of nitrogens with zero attached hydrogens (tertiary/aromatic N) is 3. The predicted octanol–water partition coefficient (Wildman–Crippen LogP) is 4.81. The molecule has 1 amide bonds. The van der Waals surface area contributed by atoms with Gasteiger partial charge in [-0.1, -0.05) is 29.0 Å². The molecule has 0 radical (unpaired) electrons. The summed E-state index contributed by atoms with van der Waals surface area (Å²) in [5, 5.41) is 9.82. The lowest BCUT2D eigenvalue weighted by molar-refractivity contribution is 0.0970. The predicted molar refractivity (Wildman–Crippen MR) is 129 cm³/mol. The van der Waals surface area contributed by atoms with Crippen molar-refractivity contribution in [1.29, 1.82) is 0 Å². The Bertz CT molecular complexity index is 1480. The van der Waals surface area contributed by atoms with Gasteiger partial charge in [0, 0.05) is 0 Å². The number of carbonyl (C=O) groups excluding carboxylic acids is 1. The van der Waals surface area contributed by atoms with Crippen molar-refractivity contribution in [2.24, 2.45) is 0 Å². The van der Waals surface area contributed by atoms with E-state index in [4.69, 9.17) is 13.9 Å². The maximum atomic E-state index is 13.7. The van der Waals surface area contributed by atoms with Crippen molar-refractivity contribution >= 4 is 33.3 Å². The maximum Gasteiger partial charge on any atom is 0.297 e. The summed E-state index contributed by atoms with van der Waals surface area (Å²) in [5.74, 6) is 0.725. The Balaban J connectivity index is 1.77. The van der Waals surface area contributed by atoms with Crippen LogP contribution in [0.2, 0.25) is 0 Å². The first-order chi connectivity index (χ1) is 16.4. The topological polar surface area (TPSA) is 94.8 Å². The molecule has 1 atom stereocenters. The molecule has 0 fully saturated rings. The van der Waals surface area contributed by atoms with Crippen LogP contribution < -0.4 is 19.8 Å². The number of amides is 1. The number of ether oxygens (including phenoxy) is 2. The zero-order valence-corrected chi connectivity index (χ0v) is 20.1. The van der Waals surface area contributed by atoms with Gasteiger partial charge in [-0.3, -0.25) is 14.5 Å². The summed E-state index contributed by atoms with van der Waals surface area (Å²) in [6, 6.07) is 10.0. The lowest BCUT2D eigenvalue weighted by atomic mass is 9.98. The fourth-order valence-electron chi connectivity index (χ4n) is 4.22. The van der Waals surface area contributed by atoms with Crippen molar-refractivity contribution in [2.45, 2.75) is 33.7 Å². The van der Waals surface area contributed by atoms with Gasteiger partial charge in [0.15, 0.2) is 16.9 Å². The molecule has 174 valence electrons. The maximum absolute atomic E-state index is 13.7. The van der Waals surface area contributed by atoms with Crippen LogP contribution in [-0.4, -0.2) is 29.3 Å². The number of benzene rings is 2. The van der Waals surface area contributed by atoms with E-state index in [9.17, 15) is 9.59 Å². The van der Waals surface area contributed by atoms with Gasteiger partial charge in [-0.25, -0.2) is 0 Å². The van der Waals surface area contributed by atoms with E-state index in [-0.39, 0.29) is 16.8 Å². The second-order valence-electron chi connectivity index (χ2n) is 7.93. The van der Waals surface area contributed by atoms with Crippen LogP contribution >= 0.6 is 11.3 Å². The molecule has 0 saturated heterocycles. The Morgan fingerprint density at radius 1 is 1.00 bits per heavy atom. The summed E-state index contributed by atoms with van der Waals surface area (Å²) in [7, 11) is 0. The highest BCUT2D eigenvalue weighted by Gasteiger charge is 2.45. The first-order valence-corrected chi connectivity index (χ1v) is 11.8. The van der Waals surface area contributed by atoms with Crippen molar-refractivity contribution in [1.82, 2.24) is 10.2 Å². The van der Waals surface area contributed by atoms with Crippen LogP contribution in [-0.2, 0) is 0 Å². The molecule has 0 bridgehead atoms. The van der Waals surface area contributed by atoms with Crippen molar-refractivity contribution in [3.63, 3.8) is 0 Å². The van der Waals surface area contributed by atoms with Gasteiger partial charge in [-0.15, -0.1) is 10.2 Å². The molecule has 0 aliphatic carbocycles. The Kier molecular flexibility index (Phi) is 5.57. The average molecular weight is 478 g/mol. The van der Waals surface area contributed by atoms with Gasteiger partial charge in [-0.05, 0) is 57.5 Å². The van der Waals surface area contributed by atoms with Crippen LogP contribution in [0.1, 0.15) is 52.1 Å². The SMILES string of the molecule is CCOc1ccc(C2c3c(oc4ccc(C)cc4c3=O)C(=O)N2c2nnc(C)s2)cc1OCC. The van der Waals surface area contributed by atoms with Crippen molar-refractivity contribution < 1.29 is 18.7 Å². The normalized spacial score (nSPS) is 15.1. The number of aryl methyl sites for hydroxylation is 2. The number of anilines is 1. The van der Waals surface area contributed by atoms with E-state index in [2.05, 4.69) is 10.2 Å². The van der Waals surface area contributed by atoms with E-state index in [1.54, 1.807) is 18.2 Å². The highest BCUT2D eigenvalue weighted by atomic mass is 32.1. The molecule has 3 heterocycles. The second kappa shape index (κ2) is 8.57. The summed E-state index contributed by atoms with van der Waals surface area (Å²) in [6.07, 6.45) is 0. The molecule has 0 spiro atoms. The van der Waals surface area contributed by atoms with Gasteiger partial charge in [0.25, 0.3) is 5.91 Å². The van der Waals surface area contributed by atoms with Crippen LogP contribution in [0.5, 0.6) is 11.5 Å². The lowest BCUT2D eigenvalue weighted by Crippen LogP contribution is -2.29. The first-order valence-electron chi connectivity index (χ1n) is 11.0. The molecule has 34 heavy (non-hydrogen) atoms. The third kappa shape index (κ3) is 3.52. The molecule has 8 nitrogen and oxygen atoms in total. The molecule has 0 N–H and O–H groups in total. The first kappa shape index (κ1) is 22.1. The standard InChI is InChI=1S/C25H23N3O5S/c1-5-31-18-10-8-15(12-19(18)32-6-2)21-20-22(29)16-11-13(3)7-9-17(16)33-23(20)24(30)28(21)25-27-26-14(4)34-25/h7-12,21H,5-6H2,1-4H3. The smallest absolute Gasteiger partial charge is 0.297 e. The Morgan fingerprint density at radius 2 is 1.76 bits per heavy atom. The van der Waals surface area contributed by atoms with Gasteiger partial charge in [0.05, 0.1) is 30.2 Å². The molecule has 0 saturated carbocycles. The Morgan fingerprint density at radius 3 is 2.47 bits per heavy atom. The number of carbonyl (C=O) groups is 1. The number of fused-ring (bicyclic) bond motifs is 2. The minimum Gasteiger partial charge on any atom is -0.490 e. The van der Waals surface area contributed by atoms with E-state index < -0.39 is 11.9 Å². The van der Waals surface area contributed by atoms with Gasteiger partial charge in [0.1, 0.15) is 10.6 Å². The molecule has 1 unspecified atom stereocenters. The third-order valence-corrected chi connectivity index (χ3v) is 6.47. The van der Waals surface area contributed by atoms with E-state index in [0.717, 1.165) is 5.56 Å². The molecular weight excluding hydrogens is 454 g/mol. The minimum atomic E-state index is -0.745. The monoisotopic (exact) mass is 477 g/mol. The fraction of sp³-hybridized carbons (Fsp3) is 0.280. The molecule has 2 aromatic heterocycles. The number of rotatable bonds is 6. The van der Waals surface area contributed by atoms with Crippen LogP contribution in [0.3, 0.4) is 0 Å². The summed E-state index contributed by atoms with van der Waals surface area (Å²) in [5.41, 5.74) is 2.03. The minimum absolute atomic E-state index is 0.0195. The molecule has 1 aliphatic rings. The van der Waals surface area contributed by atoms with Crippen molar-refractivity contribution in [2.75, 3.05) is 18.1 Å². The average Bonchev–Trinajstić information content (AvgIpc) is 3.37. The summed E-state index contributed by atoms with van der Waals surface area (Å²) in [6.45, 7) is 8.42. The van der Waals surface area contributed by atoms with Gasteiger partial charge in [-0.2, -0.15) is 0 Å². The van der Waals surface area contributed by atoms with E-state index in [1.807, 2.05) is 45.9 Å². The molecule has 1 aliphatic heterocycles. The summed E-state index contributed by atoms with van der Waals surface area (Å²) >= 11 is 1.28. The number of hydrogen-bond donors (Lipinski definition) is 0. The zero-order chi connectivity index (χ0) is 24.0. The van der Waals surface area contributed by atoms with Crippen LogP contribution in [0.4, 0.5) is 5.13 Å². The van der Waals surface area contributed by atoms with E-state index >= 15 is 0 Å². The van der Waals surface area contributed by atoms with Gasteiger partial charge >= 0.3 is 0 Å². The van der Waals surface area contributed by atoms with Gasteiger partial charge in [0.2, 0.25) is 10.9 Å². The molecule has 5 rings (SSSR count). The molecular formula is C25H23N3O5S. The second-order valence-corrected chi connectivity index (χ2v) is 9.09. The van der Waals surface area contributed by atoms with Crippen molar-refractivity contribution in [3.8, 4) is 11.5 Å². The Hall–Kier alpha value is -3.72. The largest absolute Gasteiger partial charge is 0.490 e. The van der Waals surface area contributed by atoms with E-state index in [0.29, 0.717) is 51.4 Å². The van der Waals surface area contributed by atoms with Crippen LogP contribution in [0.15, 0.2) is 45.6 Å². The number of hydrogen-bond acceptors (Lipinski definition) is 8. The summed E-state index contributed by atoms with van der Waals surface area (Å²) < 4.78 is 17.5. The molecule has 4 aromatic rings. The molecule has 9 heteroatoms. The molecule has 2 aromatic carbocycles. The summed E-state index contributed by atoms with van der Waals surface area (Å²) in [4.78, 5) is 28.8. The highest BCUT2D eigenvalue weighted by Crippen LogP contribution is 2.44. The number of aromatic nitrogens is 2.